The molecule has 0 bridgehead atoms. The number of nitrogens with zero attached hydrogens (tertiary/aromatic N) is 4. The Bertz CT molecular complexity index is 1200. The summed E-state index contributed by atoms with van der Waals surface area (Å²) in [5.74, 6) is -2.62. The summed E-state index contributed by atoms with van der Waals surface area (Å²) in [6.45, 7) is 2.71. The molecule has 0 N–H and O–H groups in total. The van der Waals surface area contributed by atoms with E-state index in [2.05, 4.69) is 5.10 Å². The van der Waals surface area contributed by atoms with Gasteiger partial charge in [0, 0.05) is 56.6 Å². The van der Waals surface area contributed by atoms with Crippen molar-refractivity contribution in [1.82, 2.24) is 19.6 Å². The molecule has 9 heteroatoms. The maximum absolute atomic E-state index is 14.3. The molecule has 6 nitrogen and oxygen atoms in total. The number of hydrogen-bond acceptors (Lipinski definition) is 3. The first kappa shape index (κ1) is 21.6. The summed E-state index contributed by atoms with van der Waals surface area (Å²) in [7, 11) is 1.61. The Morgan fingerprint density at radius 2 is 1.53 bits per heavy atom. The highest BCUT2D eigenvalue weighted by Gasteiger charge is 2.29. The van der Waals surface area contributed by atoms with Gasteiger partial charge in [0.15, 0.2) is 0 Å². The average Bonchev–Trinajstić information content (AvgIpc) is 3.16. The molecule has 3 aromatic rings. The van der Waals surface area contributed by atoms with Crippen LogP contribution in [0.5, 0.6) is 0 Å². The molecule has 2 amide bonds. The molecule has 0 saturated carbocycles. The van der Waals surface area contributed by atoms with Crippen molar-refractivity contribution in [3.8, 4) is 11.3 Å². The Morgan fingerprint density at radius 1 is 0.875 bits per heavy atom. The topological polar surface area (TPSA) is 58.4 Å². The molecule has 1 saturated heterocycles. The van der Waals surface area contributed by atoms with Gasteiger partial charge in [0.1, 0.15) is 23.1 Å². The quantitative estimate of drug-likeness (QED) is 0.625. The second-order valence-corrected chi connectivity index (χ2v) is 7.74. The molecule has 1 aromatic heterocycles. The van der Waals surface area contributed by atoms with Gasteiger partial charge in [-0.1, -0.05) is 6.07 Å². The third-order valence-electron chi connectivity index (χ3n) is 5.52. The molecule has 0 aliphatic carbocycles. The van der Waals surface area contributed by atoms with Gasteiger partial charge < -0.3 is 9.80 Å². The zero-order chi connectivity index (χ0) is 23.0. The fourth-order valence-corrected chi connectivity index (χ4v) is 3.72. The molecule has 0 radical (unpaired) electrons. The van der Waals surface area contributed by atoms with Crippen LogP contribution < -0.4 is 0 Å². The predicted octanol–water partition coefficient (Wildman–Crippen LogP) is 3.41. The van der Waals surface area contributed by atoms with Crippen molar-refractivity contribution in [1.29, 1.82) is 0 Å². The molecule has 0 atom stereocenters. The lowest BCUT2D eigenvalue weighted by Crippen LogP contribution is -2.50. The largest absolute Gasteiger partial charge is 0.335 e. The normalized spacial score (nSPS) is 14.0. The lowest BCUT2D eigenvalue weighted by molar-refractivity contribution is 0.0535. The van der Waals surface area contributed by atoms with Crippen LogP contribution in [0.15, 0.2) is 42.6 Å². The maximum atomic E-state index is 14.3. The molecule has 2 aromatic carbocycles. The Hall–Kier alpha value is -3.62. The zero-order valence-electron chi connectivity index (χ0n) is 17.6. The molecule has 2 heterocycles. The van der Waals surface area contributed by atoms with E-state index in [4.69, 9.17) is 0 Å². The maximum Gasteiger partial charge on any atom is 0.257 e. The Kier molecular flexibility index (Phi) is 5.73. The van der Waals surface area contributed by atoms with E-state index in [9.17, 15) is 22.8 Å². The van der Waals surface area contributed by atoms with Crippen molar-refractivity contribution in [2.75, 3.05) is 26.2 Å². The van der Waals surface area contributed by atoms with Crippen LogP contribution in [0.25, 0.3) is 11.3 Å². The summed E-state index contributed by atoms with van der Waals surface area (Å²) >= 11 is 0. The van der Waals surface area contributed by atoms with Crippen molar-refractivity contribution in [3.05, 3.63) is 76.7 Å². The van der Waals surface area contributed by atoms with E-state index < -0.39 is 17.5 Å². The average molecular weight is 442 g/mol. The van der Waals surface area contributed by atoms with Crippen LogP contribution in [0.4, 0.5) is 13.2 Å². The highest BCUT2D eigenvalue weighted by molar-refractivity contribution is 6.00. The van der Waals surface area contributed by atoms with Crippen LogP contribution in [0, 0.1) is 24.4 Å². The van der Waals surface area contributed by atoms with Gasteiger partial charge in [-0.2, -0.15) is 5.10 Å². The molecular weight excluding hydrogens is 421 g/mol. The Morgan fingerprint density at radius 3 is 2.16 bits per heavy atom. The fraction of sp³-hybridized carbons (Fsp3) is 0.261. The lowest BCUT2D eigenvalue weighted by atomic mass is 10.1. The number of carbonyl (C=O) groups is 2. The first-order valence-electron chi connectivity index (χ1n) is 10.1. The molecule has 166 valence electrons. The Labute approximate surface area is 182 Å². The second-order valence-electron chi connectivity index (χ2n) is 7.74. The van der Waals surface area contributed by atoms with Gasteiger partial charge in [-0.25, -0.2) is 13.2 Å². The van der Waals surface area contributed by atoms with E-state index >= 15 is 0 Å². The van der Waals surface area contributed by atoms with Crippen molar-refractivity contribution >= 4 is 11.8 Å². The van der Waals surface area contributed by atoms with Crippen LogP contribution in [0.3, 0.4) is 0 Å². The van der Waals surface area contributed by atoms with Crippen LogP contribution in [0.1, 0.15) is 26.3 Å². The van der Waals surface area contributed by atoms with Crippen molar-refractivity contribution in [3.63, 3.8) is 0 Å². The SMILES string of the molecule is Cc1ccc(C(=O)N2CCN(C(=O)c3cn(C)nc3-c3ccc(F)cc3F)CC2)cc1F. The van der Waals surface area contributed by atoms with Crippen LogP contribution in [0.2, 0.25) is 0 Å². The van der Waals surface area contributed by atoms with Gasteiger partial charge in [-0.15, -0.1) is 0 Å². The smallest absolute Gasteiger partial charge is 0.257 e. The number of hydrogen-bond donors (Lipinski definition) is 0. The molecule has 32 heavy (non-hydrogen) atoms. The van der Waals surface area contributed by atoms with E-state index in [1.807, 2.05) is 0 Å². The second kappa shape index (κ2) is 8.49. The number of piperazine rings is 1. The summed E-state index contributed by atoms with van der Waals surface area (Å²) in [6.07, 6.45) is 1.49. The van der Waals surface area contributed by atoms with Crippen LogP contribution >= 0.6 is 0 Å². The van der Waals surface area contributed by atoms with Gasteiger partial charge in [0.25, 0.3) is 11.8 Å². The third-order valence-corrected chi connectivity index (χ3v) is 5.52. The number of benzene rings is 2. The molecule has 1 aliphatic heterocycles. The standard InChI is InChI=1S/C23H21F3N4O2/c1-14-3-4-15(11-19(14)25)22(31)29-7-9-30(10-8-29)23(32)18-13-28(2)27-21(18)17-6-5-16(24)12-20(17)26/h3-6,11-13H,7-10H2,1-2H3. The van der Waals surface area contributed by atoms with E-state index in [1.165, 1.54) is 23.0 Å². The first-order valence-corrected chi connectivity index (χ1v) is 10.1. The minimum absolute atomic E-state index is 0.0329. The van der Waals surface area contributed by atoms with Crippen LogP contribution in [-0.2, 0) is 7.05 Å². The molecule has 1 aliphatic rings. The van der Waals surface area contributed by atoms with Crippen molar-refractivity contribution in [2.24, 2.45) is 7.05 Å². The summed E-state index contributed by atoms with van der Waals surface area (Å²) < 4.78 is 42.8. The number of aromatic nitrogens is 2. The molecular formula is C23H21F3N4O2. The summed E-state index contributed by atoms with van der Waals surface area (Å²) in [4.78, 5) is 28.9. The van der Waals surface area contributed by atoms with Gasteiger partial charge in [-0.3, -0.25) is 14.3 Å². The highest BCUT2D eigenvalue weighted by Crippen LogP contribution is 2.27. The van der Waals surface area contributed by atoms with E-state index in [1.54, 1.807) is 35.9 Å². The molecule has 0 unspecified atom stereocenters. The van der Waals surface area contributed by atoms with Gasteiger partial charge in [-0.05, 0) is 36.8 Å². The summed E-state index contributed by atoms with van der Waals surface area (Å²) in [6, 6.07) is 7.46. The Balaban J connectivity index is 1.49. The van der Waals surface area contributed by atoms with Crippen molar-refractivity contribution < 1.29 is 22.8 Å². The summed E-state index contributed by atoms with van der Waals surface area (Å²) in [5.41, 5.74) is 1.07. The fourth-order valence-electron chi connectivity index (χ4n) is 3.72. The zero-order valence-corrected chi connectivity index (χ0v) is 17.6. The number of carbonyl (C=O) groups excluding carboxylic acids is 2. The number of rotatable bonds is 3. The third kappa shape index (κ3) is 4.10. The monoisotopic (exact) mass is 442 g/mol. The number of aryl methyl sites for hydroxylation is 2. The lowest BCUT2D eigenvalue weighted by Gasteiger charge is -2.34. The van der Waals surface area contributed by atoms with Gasteiger partial charge in [0.05, 0.1) is 5.56 Å². The number of halogens is 3. The number of amides is 2. The van der Waals surface area contributed by atoms with Crippen LogP contribution in [-0.4, -0.2) is 57.6 Å². The van der Waals surface area contributed by atoms with E-state index in [0.717, 1.165) is 12.1 Å². The summed E-state index contributed by atoms with van der Waals surface area (Å²) in [5, 5.41) is 4.19. The molecule has 4 rings (SSSR count). The first-order chi connectivity index (χ1) is 15.2. The molecule has 1 fully saturated rings. The van der Waals surface area contributed by atoms with Gasteiger partial charge in [0.2, 0.25) is 0 Å². The minimum atomic E-state index is -0.807. The van der Waals surface area contributed by atoms with E-state index in [-0.39, 0.29) is 60.4 Å². The highest BCUT2D eigenvalue weighted by atomic mass is 19.1. The molecule has 0 spiro atoms. The van der Waals surface area contributed by atoms with Gasteiger partial charge >= 0.3 is 0 Å². The van der Waals surface area contributed by atoms with Crippen molar-refractivity contribution in [2.45, 2.75) is 6.92 Å². The minimum Gasteiger partial charge on any atom is -0.335 e. The predicted molar refractivity (Wildman–Crippen MR) is 112 cm³/mol. The van der Waals surface area contributed by atoms with E-state index in [0.29, 0.717) is 5.56 Å².